The van der Waals surface area contributed by atoms with Gasteiger partial charge in [0.15, 0.2) is 0 Å². The summed E-state index contributed by atoms with van der Waals surface area (Å²) in [5.41, 5.74) is 1.99. The molecule has 0 saturated carbocycles. The molecule has 2 aromatic rings. The molecule has 0 radical (unpaired) electrons. The molecular formula is C10H10BrClN2. The van der Waals surface area contributed by atoms with Gasteiger partial charge in [-0.3, -0.25) is 0 Å². The molecule has 0 N–H and O–H groups in total. The maximum Gasteiger partial charge on any atom is 0.137 e. The van der Waals surface area contributed by atoms with Gasteiger partial charge in [-0.05, 0) is 35.0 Å². The molecule has 0 aromatic carbocycles. The molecule has 1 atom stereocenters. The summed E-state index contributed by atoms with van der Waals surface area (Å²) in [6.45, 7) is 1.97. The first kappa shape index (κ1) is 9.99. The fourth-order valence-corrected chi connectivity index (χ4v) is 1.91. The largest absolute Gasteiger partial charge is 0.306 e. The van der Waals surface area contributed by atoms with Crippen molar-refractivity contribution in [2.24, 2.45) is 0 Å². The highest BCUT2D eigenvalue weighted by Gasteiger charge is 2.04. The van der Waals surface area contributed by atoms with E-state index in [9.17, 15) is 0 Å². The van der Waals surface area contributed by atoms with Gasteiger partial charge in [0.2, 0.25) is 0 Å². The van der Waals surface area contributed by atoms with Gasteiger partial charge in [-0.25, -0.2) is 4.98 Å². The van der Waals surface area contributed by atoms with Crippen LogP contribution in [-0.2, 0) is 6.42 Å². The third-order valence-electron chi connectivity index (χ3n) is 1.96. The van der Waals surface area contributed by atoms with Gasteiger partial charge >= 0.3 is 0 Å². The Labute approximate surface area is 96.0 Å². The minimum absolute atomic E-state index is 0.128. The van der Waals surface area contributed by atoms with Crippen LogP contribution in [0, 0.1) is 0 Å². The summed E-state index contributed by atoms with van der Waals surface area (Å²) in [5, 5.41) is 0.128. The van der Waals surface area contributed by atoms with E-state index in [4.69, 9.17) is 11.6 Å². The van der Waals surface area contributed by atoms with Crippen molar-refractivity contribution >= 4 is 33.2 Å². The number of hydrogen-bond acceptors (Lipinski definition) is 1. The quantitative estimate of drug-likeness (QED) is 0.768. The first-order chi connectivity index (χ1) is 6.65. The number of imidazole rings is 1. The maximum atomic E-state index is 5.91. The SMILES string of the molecule is CC(Cl)Cc1cn2cc(Br)ccc2n1. The molecular weight excluding hydrogens is 263 g/mol. The molecule has 2 rings (SSSR count). The van der Waals surface area contributed by atoms with E-state index in [0.717, 1.165) is 22.2 Å². The Kier molecular flexibility index (Phi) is 2.79. The highest BCUT2D eigenvalue weighted by molar-refractivity contribution is 9.10. The van der Waals surface area contributed by atoms with Crippen LogP contribution in [0.4, 0.5) is 0 Å². The Hall–Kier alpha value is -0.540. The fraction of sp³-hybridized carbons (Fsp3) is 0.300. The van der Waals surface area contributed by atoms with Crippen LogP contribution < -0.4 is 0 Å². The van der Waals surface area contributed by atoms with Crippen LogP contribution in [-0.4, -0.2) is 14.8 Å². The van der Waals surface area contributed by atoms with Crippen molar-refractivity contribution in [2.45, 2.75) is 18.7 Å². The highest BCUT2D eigenvalue weighted by Crippen LogP contribution is 2.14. The molecule has 2 heterocycles. The molecule has 4 heteroatoms. The van der Waals surface area contributed by atoms with Gasteiger partial charge in [0, 0.05) is 28.7 Å². The Bertz CT molecular complexity index is 450. The van der Waals surface area contributed by atoms with E-state index in [1.807, 2.05) is 35.9 Å². The molecule has 0 aliphatic carbocycles. The molecule has 0 amide bonds. The van der Waals surface area contributed by atoms with Gasteiger partial charge in [0.05, 0.1) is 5.69 Å². The monoisotopic (exact) mass is 272 g/mol. The van der Waals surface area contributed by atoms with Crippen molar-refractivity contribution in [3.8, 4) is 0 Å². The Balaban J connectivity index is 2.41. The summed E-state index contributed by atoms with van der Waals surface area (Å²) >= 11 is 9.33. The van der Waals surface area contributed by atoms with E-state index in [0.29, 0.717) is 0 Å². The number of alkyl halides is 1. The Morgan fingerprint density at radius 3 is 3.00 bits per heavy atom. The van der Waals surface area contributed by atoms with Gasteiger partial charge in [0.1, 0.15) is 5.65 Å². The topological polar surface area (TPSA) is 17.3 Å². The highest BCUT2D eigenvalue weighted by atomic mass is 79.9. The Morgan fingerprint density at radius 1 is 1.50 bits per heavy atom. The molecule has 0 bridgehead atoms. The molecule has 0 spiro atoms. The average molecular weight is 274 g/mol. The van der Waals surface area contributed by atoms with Crippen LogP contribution in [0.5, 0.6) is 0 Å². The normalized spacial score (nSPS) is 13.4. The fourth-order valence-electron chi connectivity index (χ4n) is 1.40. The van der Waals surface area contributed by atoms with E-state index in [2.05, 4.69) is 20.9 Å². The lowest BCUT2D eigenvalue weighted by atomic mass is 10.3. The van der Waals surface area contributed by atoms with Crippen molar-refractivity contribution in [1.82, 2.24) is 9.38 Å². The second-order valence-electron chi connectivity index (χ2n) is 3.33. The number of nitrogens with zero attached hydrogens (tertiary/aromatic N) is 2. The van der Waals surface area contributed by atoms with Crippen LogP contribution in [0.1, 0.15) is 12.6 Å². The molecule has 1 unspecified atom stereocenters. The molecule has 0 aliphatic rings. The number of halogens is 2. The zero-order chi connectivity index (χ0) is 10.1. The molecule has 0 saturated heterocycles. The number of hydrogen-bond donors (Lipinski definition) is 0. The third-order valence-corrected chi connectivity index (χ3v) is 2.58. The summed E-state index contributed by atoms with van der Waals surface area (Å²) in [7, 11) is 0. The predicted molar refractivity (Wildman–Crippen MR) is 61.9 cm³/mol. The van der Waals surface area contributed by atoms with Gasteiger partial charge in [-0.15, -0.1) is 11.6 Å². The summed E-state index contributed by atoms with van der Waals surface area (Å²) in [4.78, 5) is 4.45. The summed E-state index contributed by atoms with van der Waals surface area (Å²) < 4.78 is 3.05. The molecule has 14 heavy (non-hydrogen) atoms. The number of aromatic nitrogens is 2. The van der Waals surface area contributed by atoms with Gasteiger partial charge in [-0.1, -0.05) is 0 Å². The lowest BCUT2D eigenvalue weighted by molar-refractivity contribution is 0.903. The maximum absolute atomic E-state index is 5.91. The van der Waals surface area contributed by atoms with Crippen molar-refractivity contribution in [3.63, 3.8) is 0 Å². The van der Waals surface area contributed by atoms with Crippen LogP contribution in [0.25, 0.3) is 5.65 Å². The van der Waals surface area contributed by atoms with Gasteiger partial charge < -0.3 is 4.40 Å². The average Bonchev–Trinajstić information content (AvgIpc) is 2.44. The van der Waals surface area contributed by atoms with E-state index < -0.39 is 0 Å². The first-order valence-electron chi connectivity index (χ1n) is 4.42. The van der Waals surface area contributed by atoms with Gasteiger partial charge in [-0.2, -0.15) is 0 Å². The smallest absolute Gasteiger partial charge is 0.137 e. The van der Waals surface area contributed by atoms with E-state index in [-0.39, 0.29) is 5.38 Å². The first-order valence-corrected chi connectivity index (χ1v) is 5.65. The second-order valence-corrected chi connectivity index (χ2v) is 4.99. The lowest BCUT2D eigenvalue weighted by Gasteiger charge is -1.95. The molecule has 2 nitrogen and oxygen atoms in total. The third kappa shape index (κ3) is 2.10. The predicted octanol–water partition coefficient (Wildman–Crippen LogP) is 3.27. The summed E-state index contributed by atoms with van der Waals surface area (Å²) in [6.07, 6.45) is 4.81. The Morgan fingerprint density at radius 2 is 2.29 bits per heavy atom. The lowest BCUT2D eigenvalue weighted by Crippen LogP contribution is -1.96. The van der Waals surface area contributed by atoms with E-state index >= 15 is 0 Å². The minimum Gasteiger partial charge on any atom is -0.306 e. The van der Waals surface area contributed by atoms with Crippen LogP contribution in [0.15, 0.2) is 29.0 Å². The summed E-state index contributed by atoms with van der Waals surface area (Å²) in [5.74, 6) is 0. The van der Waals surface area contributed by atoms with Crippen molar-refractivity contribution in [1.29, 1.82) is 0 Å². The zero-order valence-corrected chi connectivity index (χ0v) is 10.1. The zero-order valence-electron chi connectivity index (χ0n) is 7.74. The molecule has 74 valence electrons. The number of pyridine rings is 1. The van der Waals surface area contributed by atoms with Crippen LogP contribution >= 0.6 is 27.5 Å². The van der Waals surface area contributed by atoms with Crippen molar-refractivity contribution in [3.05, 3.63) is 34.7 Å². The molecule has 2 aromatic heterocycles. The number of fused-ring (bicyclic) bond motifs is 1. The second kappa shape index (κ2) is 3.91. The standard InChI is InChI=1S/C10H10BrClN2/c1-7(12)4-9-6-14-5-8(11)2-3-10(14)13-9/h2-3,5-7H,4H2,1H3. The van der Waals surface area contributed by atoms with Crippen molar-refractivity contribution < 1.29 is 0 Å². The van der Waals surface area contributed by atoms with Crippen LogP contribution in [0.2, 0.25) is 0 Å². The van der Waals surface area contributed by atoms with E-state index in [1.165, 1.54) is 0 Å². The summed E-state index contributed by atoms with van der Waals surface area (Å²) in [6, 6.07) is 3.96. The number of rotatable bonds is 2. The van der Waals surface area contributed by atoms with Crippen molar-refractivity contribution in [2.75, 3.05) is 0 Å². The molecule has 0 fully saturated rings. The minimum atomic E-state index is 0.128. The van der Waals surface area contributed by atoms with Crippen LogP contribution in [0.3, 0.4) is 0 Å². The van der Waals surface area contributed by atoms with E-state index in [1.54, 1.807) is 0 Å². The van der Waals surface area contributed by atoms with Gasteiger partial charge in [0.25, 0.3) is 0 Å². The molecule has 0 aliphatic heterocycles.